The summed E-state index contributed by atoms with van der Waals surface area (Å²) in [5, 5.41) is 3.87. The van der Waals surface area contributed by atoms with E-state index in [0.29, 0.717) is 13.0 Å². The molecular formula is C19H27ClN4O2S. The molecule has 0 radical (unpaired) electrons. The van der Waals surface area contributed by atoms with E-state index in [1.54, 1.807) is 18.0 Å². The van der Waals surface area contributed by atoms with Crippen LogP contribution in [0.4, 0.5) is 5.69 Å². The van der Waals surface area contributed by atoms with E-state index >= 15 is 0 Å². The molecule has 1 aromatic carbocycles. The van der Waals surface area contributed by atoms with Crippen LogP contribution >= 0.6 is 24.2 Å². The van der Waals surface area contributed by atoms with E-state index in [9.17, 15) is 4.79 Å². The van der Waals surface area contributed by atoms with Crippen LogP contribution in [-0.2, 0) is 16.6 Å². The minimum Gasteiger partial charge on any atom is -0.378 e. The molecule has 3 rings (SSSR count). The lowest BCUT2D eigenvalue weighted by Crippen LogP contribution is -2.74. The Labute approximate surface area is 170 Å². The molecule has 1 heterocycles. The zero-order valence-electron chi connectivity index (χ0n) is 16.1. The Morgan fingerprint density at radius 2 is 2.07 bits per heavy atom. The van der Waals surface area contributed by atoms with Crippen LogP contribution < -0.4 is 11.1 Å². The summed E-state index contributed by atoms with van der Waals surface area (Å²) < 4.78 is 7.66. The number of imidazole rings is 1. The molecule has 0 aliphatic heterocycles. The van der Waals surface area contributed by atoms with Crippen molar-refractivity contribution in [1.82, 2.24) is 9.55 Å². The number of nitrogens with one attached hydrogen (secondary N) is 1. The molecule has 1 aliphatic carbocycles. The zero-order chi connectivity index (χ0) is 18.9. The fraction of sp³-hybridized carbons (Fsp3) is 0.474. The van der Waals surface area contributed by atoms with Gasteiger partial charge in [0.2, 0.25) is 5.91 Å². The Hall–Kier alpha value is -1.54. The van der Waals surface area contributed by atoms with Gasteiger partial charge in [-0.1, -0.05) is 25.6 Å². The molecule has 27 heavy (non-hydrogen) atoms. The molecule has 1 aliphatic rings. The molecule has 0 saturated heterocycles. The zero-order valence-corrected chi connectivity index (χ0v) is 17.7. The number of hydrogen-bond acceptors (Lipinski definition) is 5. The molecule has 0 spiro atoms. The van der Waals surface area contributed by atoms with Crippen LogP contribution in [-0.4, -0.2) is 33.7 Å². The number of nitrogens with two attached hydrogens (primary N) is 1. The number of nitrogens with zero attached hydrogens (tertiary/aromatic N) is 2. The van der Waals surface area contributed by atoms with Crippen LogP contribution in [0.15, 0.2) is 46.7 Å². The summed E-state index contributed by atoms with van der Waals surface area (Å²) in [5.74, 6) is -0.164. The van der Waals surface area contributed by atoms with Gasteiger partial charge in [0.25, 0.3) is 0 Å². The lowest BCUT2D eigenvalue weighted by molar-refractivity contribution is -0.166. The van der Waals surface area contributed by atoms with Gasteiger partial charge in [-0.25, -0.2) is 4.98 Å². The summed E-state index contributed by atoms with van der Waals surface area (Å²) in [7, 11) is 1.96. The van der Waals surface area contributed by atoms with Crippen molar-refractivity contribution in [2.45, 2.75) is 48.9 Å². The van der Waals surface area contributed by atoms with E-state index < -0.39 is 11.0 Å². The molecule has 1 aromatic heterocycles. The predicted octanol–water partition coefficient (Wildman–Crippen LogP) is 3.46. The maximum absolute atomic E-state index is 12.8. The van der Waals surface area contributed by atoms with E-state index in [2.05, 4.69) is 10.3 Å². The quantitative estimate of drug-likeness (QED) is 0.761. The van der Waals surface area contributed by atoms with Crippen molar-refractivity contribution in [3.63, 3.8) is 0 Å². The first-order chi connectivity index (χ1) is 12.3. The molecule has 8 heteroatoms. The molecule has 2 atom stereocenters. The number of hydrogen-bond donors (Lipinski definition) is 2. The Bertz CT molecular complexity index is 793. The van der Waals surface area contributed by atoms with Crippen molar-refractivity contribution in [2.75, 3.05) is 11.9 Å². The number of aromatic nitrogens is 2. The maximum atomic E-state index is 12.8. The van der Waals surface area contributed by atoms with Crippen LogP contribution in [0, 0.1) is 5.41 Å². The van der Waals surface area contributed by atoms with Crippen LogP contribution in [0.3, 0.4) is 0 Å². The van der Waals surface area contributed by atoms with Gasteiger partial charge in [0.05, 0.1) is 6.10 Å². The molecule has 148 valence electrons. The normalized spacial score (nSPS) is 23.2. The highest BCUT2D eigenvalue weighted by molar-refractivity contribution is 7.99. The first-order valence-corrected chi connectivity index (χ1v) is 9.57. The summed E-state index contributed by atoms with van der Waals surface area (Å²) in [6.45, 7) is 6.56. The van der Waals surface area contributed by atoms with Gasteiger partial charge in [-0.2, -0.15) is 0 Å². The maximum Gasteiger partial charge on any atom is 0.245 e. The minimum atomic E-state index is -0.923. The molecule has 2 aromatic rings. The molecule has 1 saturated carbocycles. The number of ether oxygens (including phenoxy) is 1. The largest absolute Gasteiger partial charge is 0.378 e. The smallest absolute Gasteiger partial charge is 0.245 e. The van der Waals surface area contributed by atoms with E-state index in [4.69, 9.17) is 10.5 Å². The fourth-order valence-corrected chi connectivity index (χ4v) is 4.03. The van der Waals surface area contributed by atoms with Crippen molar-refractivity contribution in [3.05, 3.63) is 36.7 Å². The summed E-state index contributed by atoms with van der Waals surface area (Å²) in [6.07, 6.45) is 4.23. The number of rotatable bonds is 6. The summed E-state index contributed by atoms with van der Waals surface area (Å²) in [5.41, 5.74) is 5.83. The van der Waals surface area contributed by atoms with E-state index in [1.165, 1.54) is 0 Å². The number of anilines is 1. The second-order valence-corrected chi connectivity index (χ2v) is 8.28. The molecule has 1 fully saturated rings. The number of carbonyl (C=O) groups excluding carboxylic acids is 1. The second-order valence-electron chi connectivity index (χ2n) is 7.24. The molecule has 0 bridgehead atoms. The summed E-state index contributed by atoms with van der Waals surface area (Å²) >= 11 is 1.57. The highest BCUT2D eigenvalue weighted by Crippen LogP contribution is 2.50. The van der Waals surface area contributed by atoms with Gasteiger partial charge >= 0.3 is 0 Å². The third-order valence-corrected chi connectivity index (χ3v) is 6.42. The van der Waals surface area contributed by atoms with E-state index in [1.807, 2.05) is 62.8 Å². The van der Waals surface area contributed by atoms with Gasteiger partial charge in [0.15, 0.2) is 5.16 Å². The standard InChI is InChI=1S/C19H26N4O2S.ClH/c1-5-25-15-12-19(20,18(15,2)3)16(24)22-13-6-8-14(9-7-13)26-17-21-10-11-23(17)4;/h6-11,15H,5,12,20H2,1-4H3,(H,22,24);1H. The van der Waals surface area contributed by atoms with Crippen molar-refractivity contribution in [2.24, 2.45) is 18.2 Å². The topological polar surface area (TPSA) is 82.2 Å². The van der Waals surface area contributed by atoms with Crippen molar-refractivity contribution in [1.29, 1.82) is 0 Å². The average molecular weight is 411 g/mol. The van der Waals surface area contributed by atoms with Gasteiger partial charge in [-0.15, -0.1) is 12.4 Å². The lowest BCUT2D eigenvalue weighted by Gasteiger charge is -2.57. The minimum absolute atomic E-state index is 0. The predicted molar refractivity (Wildman–Crippen MR) is 110 cm³/mol. The molecule has 1 amide bonds. The Kier molecular flexibility index (Phi) is 6.63. The monoisotopic (exact) mass is 410 g/mol. The van der Waals surface area contributed by atoms with Gasteiger partial charge in [-0.05, 0) is 31.2 Å². The lowest BCUT2D eigenvalue weighted by atomic mass is 9.54. The number of halogens is 1. The molecule has 2 unspecified atom stereocenters. The average Bonchev–Trinajstić information content (AvgIpc) is 3.01. The van der Waals surface area contributed by atoms with Crippen molar-refractivity contribution >= 4 is 35.8 Å². The fourth-order valence-electron chi connectivity index (χ4n) is 3.23. The SMILES string of the molecule is CCOC1CC(N)(C(=O)Nc2ccc(Sc3nccn3C)cc2)C1(C)C.Cl. The number of carbonyl (C=O) groups is 1. The third-order valence-electron chi connectivity index (χ3n) is 5.33. The first kappa shape index (κ1) is 21.8. The Morgan fingerprint density at radius 3 is 2.59 bits per heavy atom. The summed E-state index contributed by atoms with van der Waals surface area (Å²) in [4.78, 5) is 18.1. The molecule has 6 nitrogen and oxygen atoms in total. The third kappa shape index (κ3) is 4.01. The Morgan fingerprint density at radius 1 is 1.41 bits per heavy atom. The van der Waals surface area contributed by atoms with Gasteiger partial charge in [0.1, 0.15) is 5.54 Å². The van der Waals surface area contributed by atoms with Gasteiger partial charge in [-0.3, -0.25) is 4.79 Å². The molecule has 3 N–H and O–H groups in total. The number of benzene rings is 1. The van der Waals surface area contributed by atoms with Crippen LogP contribution in [0.2, 0.25) is 0 Å². The summed E-state index contributed by atoms with van der Waals surface area (Å²) in [6, 6.07) is 7.70. The van der Waals surface area contributed by atoms with E-state index in [0.717, 1.165) is 15.7 Å². The molecular weight excluding hydrogens is 384 g/mol. The first-order valence-electron chi connectivity index (χ1n) is 8.75. The number of aryl methyl sites for hydroxylation is 1. The second kappa shape index (κ2) is 8.22. The van der Waals surface area contributed by atoms with E-state index in [-0.39, 0.29) is 24.4 Å². The van der Waals surface area contributed by atoms with Crippen molar-refractivity contribution < 1.29 is 9.53 Å². The number of amides is 1. The van der Waals surface area contributed by atoms with Crippen LogP contribution in [0.1, 0.15) is 27.2 Å². The van der Waals surface area contributed by atoms with Gasteiger partial charge in [0, 0.05) is 48.5 Å². The highest BCUT2D eigenvalue weighted by atomic mass is 35.5. The van der Waals surface area contributed by atoms with Crippen molar-refractivity contribution in [3.8, 4) is 0 Å². The Balaban J connectivity index is 0.00000261. The van der Waals surface area contributed by atoms with Crippen LogP contribution in [0.5, 0.6) is 0 Å². The van der Waals surface area contributed by atoms with Gasteiger partial charge < -0.3 is 20.4 Å². The highest BCUT2D eigenvalue weighted by Gasteiger charge is 2.62. The van der Waals surface area contributed by atoms with Crippen LogP contribution in [0.25, 0.3) is 0 Å².